The Labute approximate surface area is 76.0 Å². The van der Waals surface area contributed by atoms with Crippen molar-refractivity contribution in [2.75, 3.05) is 7.11 Å². The molecule has 0 amide bonds. The van der Waals surface area contributed by atoms with E-state index in [1.165, 1.54) is 13.3 Å². The van der Waals surface area contributed by atoms with Crippen LogP contribution >= 0.6 is 11.6 Å². The van der Waals surface area contributed by atoms with Crippen LogP contribution in [0.25, 0.3) is 0 Å². The topological polar surface area (TPSA) is 42.4 Å². The lowest BCUT2D eigenvalue weighted by molar-refractivity contribution is 0.194. The second-order valence-electron chi connectivity index (χ2n) is 2.40. The van der Waals surface area contributed by atoms with Gasteiger partial charge in [-0.15, -0.1) is 0 Å². The minimum absolute atomic E-state index is 0.274. The van der Waals surface area contributed by atoms with E-state index < -0.39 is 6.10 Å². The Hall–Kier alpha value is -0.800. The zero-order valence-electron chi connectivity index (χ0n) is 6.91. The lowest BCUT2D eigenvalue weighted by Crippen LogP contribution is -1.97. The van der Waals surface area contributed by atoms with Crippen molar-refractivity contribution in [2.45, 2.75) is 13.0 Å². The molecule has 0 aromatic carbocycles. The highest BCUT2D eigenvalue weighted by Gasteiger charge is 2.11. The molecule has 1 heterocycles. The molecule has 66 valence electrons. The molecule has 1 rings (SSSR count). The molecule has 4 heteroatoms. The molecule has 0 aliphatic rings. The van der Waals surface area contributed by atoms with Crippen molar-refractivity contribution >= 4 is 11.6 Å². The monoisotopic (exact) mass is 187 g/mol. The Bertz CT molecular complexity index is 276. The van der Waals surface area contributed by atoms with Crippen molar-refractivity contribution in [3.63, 3.8) is 0 Å². The number of hydrogen-bond acceptors (Lipinski definition) is 3. The highest BCUT2D eigenvalue weighted by atomic mass is 35.5. The van der Waals surface area contributed by atoms with Crippen LogP contribution in [0.1, 0.15) is 18.6 Å². The molecule has 0 spiro atoms. The average Bonchev–Trinajstić information content (AvgIpc) is 2.03. The first-order chi connectivity index (χ1) is 5.66. The summed E-state index contributed by atoms with van der Waals surface area (Å²) in [5.41, 5.74) is 0.650. The van der Waals surface area contributed by atoms with Gasteiger partial charge in [-0.25, -0.2) is 4.98 Å². The van der Waals surface area contributed by atoms with Gasteiger partial charge in [0.05, 0.1) is 13.2 Å². The van der Waals surface area contributed by atoms with Crippen molar-refractivity contribution in [3.05, 3.63) is 23.0 Å². The van der Waals surface area contributed by atoms with Crippen molar-refractivity contribution in [2.24, 2.45) is 0 Å². The summed E-state index contributed by atoms with van der Waals surface area (Å²) in [5, 5.41) is 9.57. The predicted octanol–water partition coefficient (Wildman–Crippen LogP) is 1.80. The van der Waals surface area contributed by atoms with Crippen LogP contribution in [0.2, 0.25) is 5.15 Å². The molecule has 1 aromatic rings. The molecule has 1 N–H and O–H groups in total. The second-order valence-corrected chi connectivity index (χ2v) is 2.76. The van der Waals surface area contributed by atoms with Gasteiger partial charge in [0.15, 0.2) is 10.9 Å². The van der Waals surface area contributed by atoms with E-state index in [9.17, 15) is 5.11 Å². The van der Waals surface area contributed by atoms with Crippen molar-refractivity contribution < 1.29 is 9.84 Å². The van der Waals surface area contributed by atoms with E-state index >= 15 is 0 Å². The summed E-state index contributed by atoms with van der Waals surface area (Å²) in [6.07, 6.45) is 0.938. The van der Waals surface area contributed by atoms with Crippen LogP contribution in [0, 0.1) is 0 Å². The van der Waals surface area contributed by atoms with E-state index in [1.54, 1.807) is 13.0 Å². The van der Waals surface area contributed by atoms with E-state index in [-0.39, 0.29) is 5.15 Å². The molecule has 0 saturated heterocycles. The van der Waals surface area contributed by atoms with E-state index in [1.807, 2.05) is 0 Å². The second kappa shape index (κ2) is 3.74. The van der Waals surface area contributed by atoms with Gasteiger partial charge in [0, 0.05) is 11.8 Å². The lowest BCUT2D eigenvalue weighted by Gasteiger charge is -2.10. The summed E-state index contributed by atoms with van der Waals surface area (Å²) in [6, 6.07) is 1.68. The summed E-state index contributed by atoms with van der Waals surface area (Å²) >= 11 is 5.73. The van der Waals surface area contributed by atoms with Gasteiger partial charge < -0.3 is 9.84 Å². The maximum absolute atomic E-state index is 9.29. The quantitative estimate of drug-likeness (QED) is 0.718. The zero-order chi connectivity index (χ0) is 9.14. The average molecular weight is 188 g/mol. The maximum Gasteiger partial charge on any atom is 0.171 e. The molecule has 0 radical (unpaired) electrons. The number of nitrogens with zero attached hydrogens (tertiary/aromatic N) is 1. The SMILES string of the molecule is COc1c(C(C)O)ccnc1Cl. The molecule has 0 saturated carbocycles. The van der Waals surface area contributed by atoms with E-state index in [0.29, 0.717) is 11.3 Å². The fraction of sp³-hybridized carbons (Fsp3) is 0.375. The number of aliphatic hydroxyl groups excluding tert-OH is 1. The summed E-state index contributed by atoms with van der Waals surface area (Å²) in [7, 11) is 1.49. The number of rotatable bonds is 2. The van der Waals surface area contributed by atoms with E-state index in [0.717, 1.165) is 0 Å². The summed E-state index contributed by atoms with van der Waals surface area (Å²) in [6.45, 7) is 1.65. The molecular weight excluding hydrogens is 178 g/mol. The normalized spacial score (nSPS) is 12.7. The molecule has 1 atom stereocenters. The van der Waals surface area contributed by atoms with Crippen LogP contribution in [-0.2, 0) is 0 Å². The molecular formula is C8H10ClNO2. The Morgan fingerprint density at radius 2 is 2.33 bits per heavy atom. The van der Waals surface area contributed by atoms with Crippen LogP contribution in [-0.4, -0.2) is 17.2 Å². The summed E-state index contributed by atoms with van der Waals surface area (Å²) < 4.78 is 4.98. The van der Waals surface area contributed by atoms with E-state index in [4.69, 9.17) is 16.3 Å². The standard InChI is InChI=1S/C8H10ClNO2/c1-5(11)6-3-4-10-8(9)7(6)12-2/h3-5,11H,1-2H3. The third-order valence-electron chi connectivity index (χ3n) is 1.55. The molecule has 1 aromatic heterocycles. The van der Waals surface area contributed by atoms with Crippen molar-refractivity contribution in [1.29, 1.82) is 0 Å². The zero-order valence-corrected chi connectivity index (χ0v) is 7.67. The molecule has 0 aliphatic carbocycles. The van der Waals surface area contributed by atoms with Crippen LogP contribution in [0.4, 0.5) is 0 Å². The van der Waals surface area contributed by atoms with Crippen LogP contribution in [0.15, 0.2) is 12.3 Å². The smallest absolute Gasteiger partial charge is 0.171 e. The number of pyridine rings is 1. The van der Waals surface area contributed by atoms with Gasteiger partial charge in [0.25, 0.3) is 0 Å². The number of aliphatic hydroxyl groups is 1. The Morgan fingerprint density at radius 1 is 1.67 bits per heavy atom. The lowest BCUT2D eigenvalue weighted by atomic mass is 10.1. The first-order valence-electron chi connectivity index (χ1n) is 3.53. The molecule has 0 bridgehead atoms. The maximum atomic E-state index is 9.29. The van der Waals surface area contributed by atoms with Crippen LogP contribution in [0.3, 0.4) is 0 Å². The van der Waals surface area contributed by atoms with Gasteiger partial charge in [-0.3, -0.25) is 0 Å². The Kier molecular flexibility index (Phi) is 2.89. The molecule has 1 unspecified atom stereocenters. The summed E-state index contributed by atoms with van der Waals surface area (Å²) in [4.78, 5) is 3.82. The highest BCUT2D eigenvalue weighted by molar-refractivity contribution is 6.30. The number of ether oxygens (including phenoxy) is 1. The number of halogens is 1. The number of methoxy groups -OCH3 is 1. The fourth-order valence-electron chi connectivity index (χ4n) is 0.967. The van der Waals surface area contributed by atoms with Crippen LogP contribution in [0.5, 0.6) is 5.75 Å². The summed E-state index contributed by atoms with van der Waals surface area (Å²) in [5.74, 6) is 0.439. The minimum Gasteiger partial charge on any atom is -0.493 e. The fourth-order valence-corrected chi connectivity index (χ4v) is 1.21. The van der Waals surface area contributed by atoms with Gasteiger partial charge in [-0.05, 0) is 13.0 Å². The van der Waals surface area contributed by atoms with E-state index in [2.05, 4.69) is 4.98 Å². The number of hydrogen-bond donors (Lipinski definition) is 1. The molecule has 3 nitrogen and oxygen atoms in total. The predicted molar refractivity (Wildman–Crippen MR) is 46.4 cm³/mol. The Morgan fingerprint density at radius 3 is 2.75 bits per heavy atom. The molecule has 12 heavy (non-hydrogen) atoms. The first-order valence-corrected chi connectivity index (χ1v) is 3.91. The van der Waals surface area contributed by atoms with Crippen LogP contribution < -0.4 is 4.74 Å². The highest BCUT2D eigenvalue weighted by Crippen LogP contribution is 2.30. The molecule has 0 fully saturated rings. The van der Waals surface area contributed by atoms with Crippen molar-refractivity contribution in [1.82, 2.24) is 4.98 Å². The minimum atomic E-state index is -0.597. The third kappa shape index (κ3) is 1.68. The van der Waals surface area contributed by atoms with Gasteiger partial charge in [-0.2, -0.15) is 0 Å². The van der Waals surface area contributed by atoms with Gasteiger partial charge in [0.2, 0.25) is 0 Å². The Balaban J connectivity index is 3.18. The molecule has 0 aliphatic heterocycles. The van der Waals surface area contributed by atoms with Gasteiger partial charge >= 0.3 is 0 Å². The van der Waals surface area contributed by atoms with Gasteiger partial charge in [-0.1, -0.05) is 11.6 Å². The largest absolute Gasteiger partial charge is 0.493 e. The third-order valence-corrected chi connectivity index (χ3v) is 1.81. The van der Waals surface area contributed by atoms with Crippen molar-refractivity contribution in [3.8, 4) is 5.75 Å². The first kappa shape index (κ1) is 9.29. The van der Waals surface area contributed by atoms with Gasteiger partial charge in [0.1, 0.15) is 0 Å². The number of aromatic nitrogens is 1.